The highest BCUT2D eigenvalue weighted by atomic mass is 35.5. The molecule has 21 heavy (non-hydrogen) atoms. The molecule has 5 nitrogen and oxygen atoms in total. The molecule has 0 radical (unpaired) electrons. The molecule has 2 amide bonds. The molecule has 1 fully saturated rings. The normalized spacial score (nSPS) is 20.8. The quantitative estimate of drug-likeness (QED) is 0.869. The number of hydrogen-bond acceptors (Lipinski definition) is 3. The van der Waals surface area contributed by atoms with Crippen molar-refractivity contribution in [3.63, 3.8) is 0 Å². The maximum absolute atomic E-state index is 12.1. The molecule has 2 rings (SSSR count). The molecule has 0 aliphatic carbocycles. The Morgan fingerprint density at radius 3 is 2.86 bits per heavy atom. The molecule has 0 aromatic heterocycles. The zero-order valence-corrected chi connectivity index (χ0v) is 12.7. The summed E-state index contributed by atoms with van der Waals surface area (Å²) in [4.78, 5) is 24.0. The van der Waals surface area contributed by atoms with Crippen molar-refractivity contribution in [1.29, 1.82) is 0 Å². The maximum Gasteiger partial charge on any atom is 0.247 e. The summed E-state index contributed by atoms with van der Waals surface area (Å²) in [6, 6.07) is 6.74. The van der Waals surface area contributed by atoms with E-state index in [-0.39, 0.29) is 18.4 Å². The summed E-state index contributed by atoms with van der Waals surface area (Å²) < 4.78 is 5.43. The smallest absolute Gasteiger partial charge is 0.247 e. The number of ether oxygens (including phenoxy) is 1. The zero-order chi connectivity index (χ0) is 15.5. The van der Waals surface area contributed by atoms with Crippen molar-refractivity contribution in [2.75, 3.05) is 6.61 Å². The first-order chi connectivity index (χ1) is 9.91. The first-order valence-corrected chi connectivity index (χ1v) is 7.28. The Morgan fingerprint density at radius 1 is 1.52 bits per heavy atom. The van der Waals surface area contributed by atoms with Gasteiger partial charge in [-0.25, -0.2) is 0 Å². The van der Waals surface area contributed by atoms with E-state index in [4.69, 9.17) is 22.1 Å². The third-order valence-corrected chi connectivity index (χ3v) is 3.96. The van der Waals surface area contributed by atoms with Crippen molar-refractivity contribution in [2.24, 2.45) is 5.73 Å². The fourth-order valence-electron chi connectivity index (χ4n) is 2.42. The van der Waals surface area contributed by atoms with E-state index in [1.807, 2.05) is 0 Å². The lowest BCUT2D eigenvalue weighted by molar-refractivity contribution is -0.132. The highest BCUT2D eigenvalue weighted by Gasteiger charge is 2.35. The number of nitrogens with two attached hydrogens (primary N) is 1. The van der Waals surface area contributed by atoms with Crippen LogP contribution in [-0.2, 0) is 19.9 Å². The number of nitrogens with one attached hydrogen (secondary N) is 1. The molecule has 1 saturated heterocycles. The molecule has 0 bridgehead atoms. The summed E-state index contributed by atoms with van der Waals surface area (Å²) in [5.74, 6) is -0.895. The lowest BCUT2D eigenvalue weighted by atomic mass is 9.91. The summed E-state index contributed by atoms with van der Waals surface area (Å²) in [7, 11) is 0. The molecule has 3 N–H and O–H groups in total. The number of benzene rings is 1. The summed E-state index contributed by atoms with van der Waals surface area (Å²) in [5.41, 5.74) is 4.75. The molecule has 1 aromatic carbocycles. The number of amides is 2. The first kappa shape index (κ1) is 15.8. The molecular formula is C15H19ClN2O3. The average molecular weight is 311 g/mol. The van der Waals surface area contributed by atoms with Gasteiger partial charge in [-0.05, 0) is 37.5 Å². The first-order valence-electron chi connectivity index (χ1n) is 6.90. The number of carbonyl (C=O) groups is 2. The Bertz CT molecular complexity index is 543. The van der Waals surface area contributed by atoms with Crippen molar-refractivity contribution < 1.29 is 14.3 Å². The predicted molar refractivity (Wildman–Crippen MR) is 79.7 cm³/mol. The van der Waals surface area contributed by atoms with Gasteiger partial charge in [0.2, 0.25) is 11.8 Å². The number of hydrogen-bond donors (Lipinski definition) is 2. The summed E-state index contributed by atoms with van der Waals surface area (Å²) in [6.07, 6.45) is 1.96. The molecule has 1 aliphatic rings. The van der Waals surface area contributed by atoms with Crippen LogP contribution in [0.15, 0.2) is 24.3 Å². The van der Waals surface area contributed by atoms with E-state index in [0.717, 1.165) is 12.8 Å². The van der Waals surface area contributed by atoms with Crippen molar-refractivity contribution in [3.8, 4) is 0 Å². The number of rotatable bonds is 5. The molecule has 6 heteroatoms. The summed E-state index contributed by atoms with van der Waals surface area (Å²) >= 11 is 5.94. The predicted octanol–water partition coefficient (Wildman–Crippen LogP) is 1.73. The van der Waals surface area contributed by atoms with Crippen LogP contribution in [0, 0.1) is 0 Å². The van der Waals surface area contributed by atoms with Gasteiger partial charge in [0.15, 0.2) is 0 Å². The van der Waals surface area contributed by atoms with Gasteiger partial charge in [0.25, 0.3) is 0 Å². The molecule has 114 valence electrons. The van der Waals surface area contributed by atoms with Gasteiger partial charge in [0.05, 0.1) is 12.5 Å². The van der Waals surface area contributed by atoms with Gasteiger partial charge in [-0.3, -0.25) is 9.59 Å². The molecule has 2 atom stereocenters. The standard InChI is InChI=1S/C15H19ClN2O3/c1-15(14(17)20,10-4-2-5-11(16)8-10)18-13(19)9-12-6-3-7-21-12/h2,4-5,8,12H,3,6-7,9H2,1H3,(H2,17,20)(H,18,19)/t12-,15+/m1/s1. The van der Waals surface area contributed by atoms with Crippen LogP contribution in [0.4, 0.5) is 0 Å². The highest BCUT2D eigenvalue weighted by molar-refractivity contribution is 6.30. The van der Waals surface area contributed by atoms with E-state index in [1.54, 1.807) is 31.2 Å². The van der Waals surface area contributed by atoms with Gasteiger partial charge < -0.3 is 15.8 Å². The third-order valence-electron chi connectivity index (χ3n) is 3.72. The Morgan fingerprint density at radius 2 is 2.29 bits per heavy atom. The number of carbonyl (C=O) groups excluding carboxylic acids is 2. The minimum absolute atomic E-state index is 0.0820. The van der Waals surface area contributed by atoms with Crippen LogP contribution in [0.5, 0.6) is 0 Å². The van der Waals surface area contributed by atoms with Crippen LogP contribution < -0.4 is 11.1 Å². The van der Waals surface area contributed by atoms with E-state index in [1.165, 1.54) is 0 Å². The van der Waals surface area contributed by atoms with Crippen molar-refractivity contribution in [1.82, 2.24) is 5.32 Å². The fraction of sp³-hybridized carbons (Fsp3) is 0.467. The monoisotopic (exact) mass is 310 g/mol. The van der Waals surface area contributed by atoms with E-state index >= 15 is 0 Å². The van der Waals surface area contributed by atoms with Crippen molar-refractivity contribution in [2.45, 2.75) is 37.8 Å². The maximum atomic E-state index is 12.1. The molecule has 0 unspecified atom stereocenters. The molecular weight excluding hydrogens is 292 g/mol. The second kappa shape index (κ2) is 6.45. The average Bonchev–Trinajstić information content (AvgIpc) is 2.91. The van der Waals surface area contributed by atoms with Crippen LogP contribution in [0.25, 0.3) is 0 Å². The SMILES string of the molecule is C[C@@](NC(=O)C[C@H]1CCCO1)(C(N)=O)c1cccc(Cl)c1. The van der Waals surface area contributed by atoms with Crippen LogP contribution in [-0.4, -0.2) is 24.5 Å². The van der Waals surface area contributed by atoms with Crippen LogP contribution >= 0.6 is 11.6 Å². The molecule has 1 aliphatic heterocycles. The Hall–Kier alpha value is -1.59. The number of primary amides is 1. The summed E-state index contributed by atoms with van der Waals surface area (Å²) in [5, 5.41) is 3.19. The fourth-order valence-corrected chi connectivity index (χ4v) is 2.61. The number of halogens is 1. The van der Waals surface area contributed by atoms with E-state index < -0.39 is 11.4 Å². The Balaban J connectivity index is 2.14. The molecule has 0 saturated carbocycles. The van der Waals surface area contributed by atoms with Gasteiger partial charge in [-0.2, -0.15) is 0 Å². The minimum atomic E-state index is -1.29. The van der Waals surface area contributed by atoms with E-state index in [2.05, 4.69) is 5.32 Å². The topological polar surface area (TPSA) is 81.4 Å². The molecule has 0 spiro atoms. The molecule has 1 aromatic rings. The second-order valence-electron chi connectivity index (χ2n) is 5.39. The highest BCUT2D eigenvalue weighted by Crippen LogP contribution is 2.24. The molecule has 1 heterocycles. The van der Waals surface area contributed by atoms with Crippen molar-refractivity contribution >= 4 is 23.4 Å². The van der Waals surface area contributed by atoms with Gasteiger partial charge in [0.1, 0.15) is 5.54 Å². The van der Waals surface area contributed by atoms with Gasteiger partial charge in [-0.1, -0.05) is 23.7 Å². The Kier molecular flexibility index (Phi) is 4.85. The largest absolute Gasteiger partial charge is 0.378 e. The van der Waals surface area contributed by atoms with E-state index in [9.17, 15) is 9.59 Å². The lowest BCUT2D eigenvalue weighted by Crippen LogP contribution is -2.53. The second-order valence-corrected chi connectivity index (χ2v) is 5.82. The van der Waals surface area contributed by atoms with Crippen LogP contribution in [0.2, 0.25) is 5.02 Å². The van der Waals surface area contributed by atoms with E-state index in [0.29, 0.717) is 17.2 Å². The lowest BCUT2D eigenvalue weighted by Gasteiger charge is -2.28. The zero-order valence-electron chi connectivity index (χ0n) is 11.9. The van der Waals surface area contributed by atoms with Gasteiger partial charge >= 0.3 is 0 Å². The van der Waals surface area contributed by atoms with Gasteiger partial charge in [-0.15, -0.1) is 0 Å². The summed E-state index contributed by atoms with van der Waals surface area (Å²) in [6.45, 7) is 2.26. The minimum Gasteiger partial charge on any atom is -0.378 e. The third kappa shape index (κ3) is 3.74. The van der Waals surface area contributed by atoms with Crippen molar-refractivity contribution in [3.05, 3.63) is 34.9 Å². The van der Waals surface area contributed by atoms with Crippen LogP contribution in [0.1, 0.15) is 31.7 Å². The van der Waals surface area contributed by atoms with Gasteiger partial charge in [0, 0.05) is 11.6 Å². The van der Waals surface area contributed by atoms with Crippen LogP contribution in [0.3, 0.4) is 0 Å². The Labute approximate surface area is 128 Å².